The lowest BCUT2D eigenvalue weighted by Gasteiger charge is -2.11. The fraction of sp³-hybridized carbons (Fsp3) is 0.667. The molecule has 0 radical (unpaired) electrons. The van der Waals surface area contributed by atoms with Crippen LogP contribution in [0, 0.1) is 0 Å². The van der Waals surface area contributed by atoms with Crippen molar-refractivity contribution < 1.29 is 4.79 Å². The van der Waals surface area contributed by atoms with E-state index < -0.39 is 0 Å². The fourth-order valence-electron chi connectivity index (χ4n) is 1.34. The van der Waals surface area contributed by atoms with E-state index in [1.807, 2.05) is 0 Å². The molecule has 0 aromatic heterocycles. The molecule has 10 heavy (non-hydrogen) atoms. The third-order valence-corrected chi connectivity index (χ3v) is 1.94. The zero-order valence-corrected chi connectivity index (χ0v) is 6.52. The Hall–Kier alpha value is -0.590. The summed E-state index contributed by atoms with van der Waals surface area (Å²) in [6.45, 7) is 2.14. The van der Waals surface area contributed by atoms with Crippen LogP contribution in [0.2, 0.25) is 0 Å². The second kappa shape index (κ2) is 3.55. The molecule has 0 aliphatic heterocycles. The summed E-state index contributed by atoms with van der Waals surface area (Å²) in [6.07, 6.45) is 6.98. The third-order valence-electron chi connectivity index (χ3n) is 1.94. The van der Waals surface area contributed by atoms with E-state index in [0.717, 1.165) is 32.1 Å². The zero-order valence-electron chi connectivity index (χ0n) is 6.52. The Kier molecular flexibility index (Phi) is 2.67. The number of allylic oxidation sites excluding steroid dienone is 2. The lowest BCUT2D eigenvalue weighted by atomic mass is 9.93. The maximum absolute atomic E-state index is 10.8. The van der Waals surface area contributed by atoms with Crippen LogP contribution in [-0.2, 0) is 4.79 Å². The Labute approximate surface area is 62.1 Å². The van der Waals surface area contributed by atoms with Gasteiger partial charge in [0.25, 0.3) is 0 Å². The first kappa shape index (κ1) is 7.52. The van der Waals surface area contributed by atoms with Crippen LogP contribution in [-0.4, -0.2) is 5.78 Å². The van der Waals surface area contributed by atoms with Crippen molar-refractivity contribution in [2.75, 3.05) is 0 Å². The molecule has 1 saturated carbocycles. The van der Waals surface area contributed by atoms with E-state index in [1.54, 1.807) is 0 Å². The molecule has 0 atom stereocenters. The molecule has 56 valence electrons. The average molecular weight is 138 g/mol. The standard InChI is InChI=1S/C9H14O/c1-2-3-8-4-6-9(10)7-5-8/h3H,2,4-7H2,1H3. The van der Waals surface area contributed by atoms with E-state index in [2.05, 4.69) is 13.0 Å². The Morgan fingerprint density at radius 3 is 2.40 bits per heavy atom. The van der Waals surface area contributed by atoms with E-state index in [1.165, 1.54) is 5.57 Å². The minimum absolute atomic E-state index is 0.438. The minimum atomic E-state index is 0.438. The summed E-state index contributed by atoms with van der Waals surface area (Å²) in [4.78, 5) is 10.8. The predicted octanol–water partition coefficient (Wildman–Crippen LogP) is 2.47. The molecule has 1 aliphatic carbocycles. The van der Waals surface area contributed by atoms with Crippen molar-refractivity contribution in [2.45, 2.75) is 39.0 Å². The summed E-state index contributed by atoms with van der Waals surface area (Å²) < 4.78 is 0. The van der Waals surface area contributed by atoms with Crippen LogP contribution >= 0.6 is 0 Å². The van der Waals surface area contributed by atoms with Crippen molar-refractivity contribution in [3.05, 3.63) is 11.6 Å². The second-order valence-electron chi connectivity index (χ2n) is 2.81. The van der Waals surface area contributed by atoms with Crippen molar-refractivity contribution in [3.8, 4) is 0 Å². The number of carbonyl (C=O) groups excluding carboxylic acids is 1. The van der Waals surface area contributed by atoms with Crippen LogP contribution < -0.4 is 0 Å². The summed E-state index contributed by atoms with van der Waals surface area (Å²) in [7, 11) is 0. The van der Waals surface area contributed by atoms with Crippen molar-refractivity contribution in [1.29, 1.82) is 0 Å². The molecule has 0 N–H and O–H groups in total. The van der Waals surface area contributed by atoms with Crippen molar-refractivity contribution in [2.24, 2.45) is 0 Å². The first-order chi connectivity index (χ1) is 4.83. The summed E-state index contributed by atoms with van der Waals surface area (Å²) in [5, 5.41) is 0. The van der Waals surface area contributed by atoms with Gasteiger partial charge < -0.3 is 0 Å². The summed E-state index contributed by atoms with van der Waals surface area (Å²) >= 11 is 0. The van der Waals surface area contributed by atoms with Gasteiger partial charge in [-0.2, -0.15) is 0 Å². The van der Waals surface area contributed by atoms with Gasteiger partial charge in [0.05, 0.1) is 0 Å². The minimum Gasteiger partial charge on any atom is -0.300 e. The quantitative estimate of drug-likeness (QED) is 0.509. The molecule has 0 amide bonds. The van der Waals surface area contributed by atoms with E-state index in [4.69, 9.17) is 0 Å². The highest BCUT2D eigenvalue weighted by molar-refractivity contribution is 5.80. The number of hydrogen-bond donors (Lipinski definition) is 0. The Balaban J connectivity index is 2.39. The van der Waals surface area contributed by atoms with Gasteiger partial charge in [-0.3, -0.25) is 4.79 Å². The van der Waals surface area contributed by atoms with Gasteiger partial charge >= 0.3 is 0 Å². The van der Waals surface area contributed by atoms with Crippen LogP contribution in [0.5, 0.6) is 0 Å². The van der Waals surface area contributed by atoms with Crippen LogP contribution in [0.4, 0.5) is 0 Å². The summed E-state index contributed by atoms with van der Waals surface area (Å²) in [5.41, 5.74) is 1.49. The van der Waals surface area contributed by atoms with E-state index >= 15 is 0 Å². The van der Waals surface area contributed by atoms with Gasteiger partial charge in [0, 0.05) is 12.8 Å². The number of rotatable bonds is 1. The Morgan fingerprint density at radius 1 is 1.30 bits per heavy atom. The molecular formula is C9H14O. The lowest BCUT2D eigenvalue weighted by molar-refractivity contribution is -0.119. The molecule has 0 aromatic carbocycles. The van der Waals surface area contributed by atoms with Gasteiger partial charge in [0.2, 0.25) is 0 Å². The molecule has 1 fully saturated rings. The monoisotopic (exact) mass is 138 g/mol. The van der Waals surface area contributed by atoms with Crippen molar-refractivity contribution in [1.82, 2.24) is 0 Å². The largest absolute Gasteiger partial charge is 0.300 e. The van der Waals surface area contributed by atoms with Crippen LogP contribution in [0.3, 0.4) is 0 Å². The smallest absolute Gasteiger partial charge is 0.133 e. The highest BCUT2D eigenvalue weighted by Gasteiger charge is 2.10. The highest BCUT2D eigenvalue weighted by Crippen LogP contribution is 2.20. The van der Waals surface area contributed by atoms with E-state index in [9.17, 15) is 4.79 Å². The summed E-state index contributed by atoms with van der Waals surface area (Å²) in [5.74, 6) is 0.438. The first-order valence-electron chi connectivity index (χ1n) is 4.02. The fourth-order valence-corrected chi connectivity index (χ4v) is 1.34. The van der Waals surface area contributed by atoms with Crippen LogP contribution in [0.15, 0.2) is 11.6 Å². The van der Waals surface area contributed by atoms with Gasteiger partial charge in [-0.25, -0.2) is 0 Å². The van der Waals surface area contributed by atoms with Gasteiger partial charge in [-0.1, -0.05) is 18.6 Å². The van der Waals surface area contributed by atoms with Gasteiger partial charge in [0.1, 0.15) is 5.78 Å². The molecule has 0 aromatic rings. The molecule has 1 nitrogen and oxygen atoms in total. The zero-order chi connectivity index (χ0) is 7.40. The maximum atomic E-state index is 10.8. The normalized spacial score (nSPS) is 19.3. The molecule has 0 heterocycles. The van der Waals surface area contributed by atoms with Crippen LogP contribution in [0.1, 0.15) is 39.0 Å². The number of Topliss-reactive ketones (excluding diaryl/α,β-unsaturated/α-hetero) is 1. The van der Waals surface area contributed by atoms with E-state index in [-0.39, 0.29) is 0 Å². The first-order valence-corrected chi connectivity index (χ1v) is 4.02. The molecule has 0 spiro atoms. The van der Waals surface area contributed by atoms with Crippen molar-refractivity contribution >= 4 is 5.78 Å². The molecule has 1 aliphatic rings. The topological polar surface area (TPSA) is 17.1 Å². The Morgan fingerprint density at radius 2 is 1.90 bits per heavy atom. The van der Waals surface area contributed by atoms with Gasteiger partial charge in [-0.15, -0.1) is 0 Å². The second-order valence-corrected chi connectivity index (χ2v) is 2.81. The van der Waals surface area contributed by atoms with Crippen LogP contribution in [0.25, 0.3) is 0 Å². The van der Waals surface area contributed by atoms with E-state index in [0.29, 0.717) is 5.78 Å². The summed E-state index contributed by atoms with van der Waals surface area (Å²) in [6, 6.07) is 0. The molecule has 0 unspecified atom stereocenters. The predicted molar refractivity (Wildman–Crippen MR) is 41.8 cm³/mol. The third kappa shape index (κ3) is 1.98. The van der Waals surface area contributed by atoms with Gasteiger partial charge in [-0.05, 0) is 19.3 Å². The van der Waals surface area contributed by atoms with Gasteiger partial charge in [0.15, 0.2) is 0 Å². The Bertz CT molecular complexity index is 144. The number of ketones is 1. The molecule has 1 rings (SSSR count). The molecule has 0 bridgehead atoms. The number of hydrogen-bond acceptors (Lipinski definition) is 1. The highest BCUT2D eigenvalue weighted by atomic mass is 16.1. The molecular weight excluding hydrogens is 124 g/mol. The van der Waals surface area contributed by atoms with Crippen molar-refractivity contribution in [3.63, 3.8) is 0 Å². The maximum Gasteiger partial charge on any atom is 0.133 e. The average Bonchev–Trinajstić information content (AvgIpc) is 1.95. The molecule has 1 heteroatoms. The number of carbonyl (C=O) groups is 1. The molecule has 0 saturated heterocycles. The SMILES string of the molecule is CCC=C1CCC(=O)CC1. The lowest BCUT2D eigenvalue weighted by Crippen LogP contribution is -2.05.